The minimum Gasteiger partial charge on any atom is -0.452 e. The van der Waals surface area contributed by atoms with Crippen molar-refractivity contribution in [3.05, 3.63) is 102 Å². The number of methoxy groups -OCH3 is 1. The Labute approximate surface area is 272 Å². The molecule has 2 amide bonds. The number of benzene rings is 3. The molecule has 0 spiro atoms. The van der Waals surface area contributed by atoms with Gasteiger partial charge in [0, 0.05) is 24.5 Å². The second-order valence-electron chi connectivity index (χ2n) is 11.9. The fourth-order valence-electron chi connectivity index (χ4n) is 5.63. The third-order valence-corrected chi connectivity index (χ3v) is 9.98. The molecule has 0 aliphatic rings. The second-order valence-corrected chi connectivity index (χ2v) is 13.8. The second kappa shape index (κ2) is 17.3. The van der Waals surface area contributed by atoms with E-state index < -0.39 is 52.7 Å². The number of sulfonamides is 1. The summed E-state index contributed by atoms with van der Waals surface area (Å²) in [5.74, 6) is -1.13. The van der Waals surface area contributed by atoms with E-state index in [1.807, 2.05) is 74.5 Å². The van der Waals surface area contributed by atoms with Gasteiger partial charge in [-0.3, -0.25) is 4.79 Å². The lowest BCUT2D eigenvalue weighted by Gasteiger charge is -2.33. The van der Waals surface area contributed by atoms with Crippen LogP contribution in [0.15, 0.2) is 89.8 Å². The summed E-state index contributed by atoms with van der Waals surface area (Å²) in [5.41, 5.74) is 8.89. The molecule has 46 heavy (non-hydrogen) atoms. The smallest absolute Gasteiger partial charge is 0.416 e. The fraction of sp³-hybridized carbons (Fsp3) is 0.429. The molecule has 0 aliphatic heterocycles. The number of carbonyl (C=O) groups is 2. The number of amides is 2. The van der Waals surface area contributed by atoms with E-state index in [9.17, 15) is 28.2 Å². The summed E-state index contributed by atoms with van der Waals surface area (Å²) in [7, 11) is -2.76. The van der Waals surface area contributed by atoms with Gasteiger partial charge < -0.3 is 20.7 Å². The number of nitrogens with two attached hydrogens (primary N) is 1. The molecule has 4 N–H and O–H groups in total. The summed E-state index contributed by atoms with van der Waals surface area (Å²) in [6.07, 6.45) is 0.179. The first-order chi connectivity index (χ1) is 22.0. The fourth-order valence-corrected chi connectivity index (χ4v) is 7.44. The van der Waals surface area contributed by atoms with Crippen LogP contribution in [0.1, 0.15) is 62.6 Å². The molecular formula is C35H47N3O7S. The van der Waals surface area contributed by atoms with Gasteiger partial charge in [-0.25, -0.2) is 18.1 Å². The van der Waals surface area contributed by atoms with E-state index in [-0.39, 0.29) is 30.4 Å². The molecule has 0 fully saturated rings. The van der Waals surface area contributed by atoms with Gasteiger partial charge in [0.1, 0.15) is 0 Å². The van der Waals surface area contributed by atoms with Crippen LogP contribution < -0.4 is 5.73 Å². The standard InChI is InChI=1S/C35H47N3O7S/c1-25(2)22-37(46(43,44)31-20-18-27(23-39)19-21-31)30(24-40)17-11-12-26(3)38(35(42)45-4)34(41)33(36)32(28-13-7-5-8-14-28)29-15-9-6-10-16-29/h5-10,13-16,18-21,25-26,30,32-33,39-40H,11-12,17,22-24,36H2,1-4H3/t26-,30-,33-/m0/s1. The van der Waals surface area contributed by atoms with Crippen molar-refractivity contribution in [2.24, 2.45) is 11.7 Å². The summed E-state index contributed by atoms with van der Waals surface area (Å²) >= 11 is 0. The predicted molar refractivity (Wildman–Crippen MR) is 177 cm³/mol. The summed E-state index contributed by atoms with van der Waals surface area (Å²) in [6.45, 7) is 5.09. The summed E-state index contributed by atoms with van der Waals surface area (Å²) in [5, 5.41) is 19.7. The lowest BCUT2D eigenvalue weighted by atomic mass is 9.84. The van der Waals surface area contributed by atoms with Crippen molar-refractivity contribution >= 4 is 22.0 Å². The average molecular weight is 654 g/mol. The molecule has 3 aromatic carbocycles. The Morgan fingerprint density at radius 2 is 1.39 bits per heavy atom. The zero-order valence-corrected chi connectivity index (χ0v) is 27.8. The molecule has 3 aromatic rings. The van der Waals surface area contributed by atoms with Crippen molar-refractivity contribution in [2.75, 3.05) is 20.3 Å². The molecule has 11 heteroatoms. The molecule has 250 valence electrons. The van der Waals surface area contributed by atoms with Crippen molar-refractivity contribution in [3.8, 4) is 0 Å². The van der Waals surface area contributed by atoms with Gasteiger partial charge in [0.2, 0.25) is 15.9 Å². The molecule has 3 atom stereocenters. The Morgan fingerprint density at radius 1 is 0.848 bits per heavy atom. The van der Waals surface area contributed by atoms with E-state index in [4.69, 9.17) is 10.5 Å². The van der Waals surface area contributed by atoms with Gasteiger partial charge in [-0.2, -0.15) is 4.31 Å². The molecule has 0 heterocycles. The SMILES string of the molecule is COC(=O)N(C(=O)[C@@H](N)C(c1ccccc1)c1ccccc1)[C@@H](C)CCC[C@@H](CO)N(CC(C)C)S(=O)(=O)c1ccc(CO)cc1. The number of carbonyl (C=O) groups excluding carboxylic acids is 2. The summed E-state index contributed by atoms with van der Waals surface area (Å²) in [6, 6.07) is 22.4. The molecule has 0 saturated carbocycles. The molecule has 0 aliphatic carbocycles. The largest absolute Gasteiger partial charge is 0.452 e. The lowest BCUT2D eigenvalue weighted by molar-refractivity contribution is -0.132. The lowest BCUT2D eigenvalue weighted by Crippen LogP contribution is -2.53. The molecule has 0 radical (unpaired) electrons. The van der Waals surface area contributed by atoms with Crippen LogP contribution in [0.4, 0.5) is 4.79 Å². The number of rotatable bonds is 16. The maximum absolute atomic E-state index is 13.9. The Balaban J connectivity index is 1.81. The van der Waals surface area contributed by atoms with E-state index in [2.05, 4.69) is 0 Å². The normalized spacial score (nSPS) is 13.9. The van der Waals surface area contributed by atoms with Crippen LogP contribution in [0.5, 0.6) is 0 Å². The summed E-state index contributed by atoms with van der Waals surface area (Å²) < 4.78 is 33.7. The van der Waals surface area contributed by atoms with Gasteiger partial charge in [0.05, 0.1) is 31.3 Å². The molecule has 0 aromatic heterocycles. The Kier molecular flexibility index (Phi) is 13.9. The van der Waals surface area contributed by atoms with E-state index >= 15 is 0 Å². The first-order valence-corrected chi connectivity index (χ1v) is 17.0. The van der Waals surface area contributed by atoms with Crippen LogP contribution in [0.25, 0.3) is 0 Å². The van der Waals surface area contributed by atoms with E-state index in [1.54, 1.807) is 19.1 Å². The predicted octanol–water partition coefficient (Wildman–Crippen LogP) is 4.50. The van der Waals surface area contributed by atoms with Crippen LogP contribution in [0, 0.1) is 5.92 Å². The van der Waals surface area contributed by atoms with Gasteiger partial charge in [-0.05, 0) is 60.9 Å². The van der Waals surface area contributed by atoms with Gasteiger partial charge in [0.15, 0.2) is 0 Å². The number of imide groups is 1. The van der Waals surface area contributed by atoms with Gasteiger partial charge >= 0.3 is 6.09 Å². The van der Waals surface area contributed by atoms with Crippen molar-refractivity contribution in [1.82, 2.24) is 9.21 Å². The highest BCUT2D eigenvalue weighted by molar-refractivity contribution is 7.89. The zero-order chi connectivity index (χ0) is 33.9. The molecule has 0 bridgehead atoms. The molecule has 0 saturated heterocycles. The molecule has 10 nitrogen and oxygen atoms in total. The molecular weight excluding hydrogens is 606 g/mol. The van der Waals surface area contributed by atoms with Gasteiger partial charge in [-0.1, -0.05) is 86.6 Å². The number of hydrogen-bond acceptors (Lipinski definition) is 8. The first-order valence-electron chi connectivity index (χ1n) is 15.5. The number of hydrogen-bond donors (Lipinski definition) is 3. The highest BCUT2D eigenvalue weighted by Crippen LogP contribution is 2.29. The Hall–Kier alpha value is -3.61. The highest BCUT2D eigenvalue weighted by Gasteiger charge is 2.37. The molecule has 0 unspecified atom stereocenters. The average Bonchev–Trinajstić information content (AvgIpc) is 3.06. The maximum Gasteiger partial charge on any atom is 0.416 e. The monoisotopic (exact) mass is 653 g/mol. The third kappa shape index (κ3) is 9.23. The van der Waals surface area contributed by atoms with Crippen molar-refractivity contribution in [1.29, 1.82) is 0 Å². The van der Waals surface area contributed by atoms with E-state index in [0.29, 0.717) is 18.4 Å². The first kappa shape index (κ1) is 36.9. The van der Waals surface area contributed by atoms with Crippen LogP contribution in [-0.2, 0) is 26.2 Å². The minimum absolute atomic E-state index is 0.0180. The zero-order valence-electron chi connectivity index (χ0n) is 27.0. The van der Waals surface area contributed by atoms with Crippen molar-refractivity contribution < 1.29 is 33.0 Å². The van der Waals surface area contributed by atoms with Gasteiger partial charge in [0.25, 0.3) is 0 Å². The van der Waals surface area contributed by atoms with Crippen LogP contribution in [0.3, 0.4) is 0 Å². The topological polar surface area (TPSA) is 150 Å². The number of aliphatic hydroxyl groups excluding tert-OH is 2. The van der Waals surface area contributed by atoms with Crippen molar-refractivity contribution in [2.45, 2.75) is 75.6 Å². The number of aliphatic hydroxyl groups is 2. The Bertz CT molecular complexity index is 1450. The maximum atomic E-state index is 13.9. The van der Waals surface area contributed by atoms with Crippen LogP contribution in [0.2, 0.25) is 0 Å². The van der Waals surface area contributed by atoms with Gasteiger partial charge in [-0.15, -0.1) is 0 Å². The number of nitrogens with zero attached hydrogens (tertiary/aromatic N) is 2. The van der Waals surface area contributed by atoms with E-state index in [1.165, 1.54) is 23.5 Å². The van der Waals surface area contributed by atoms with E-state index in [0.717, 1.165) is 16.0 Å². The minimum atomic E-state index is -3.97. The quantitative estimate of drug-likeness (QED) is 0.205. The molecule has 3 rings (SSSR count). The highest BCUT2D eigenvalue weighted by atomic mass is 32.2. The number of ether oxygens (including phenoxy) is 1. The third-order valence-electron chi connectivity index (χ3n) is 8.05. The van der Waals surface area contributed by atoms with Crippen LogP contribution >= 0.6 is 0 Å². The van der Waals surface area contributed by atoms with Crippen molar-refractivity contribution in [3.63, 3.8) is 0 Å². The summed E-state index contributed by atoms with van der Waals surface area (Å²) in [4.78, 5) is 28.1. The van der Waals surface area contributed by atoms with Crippen LogP contribution in [-0.4, -0.2) is 78.2 Å². The Morgan fingerprint density at radius 3 is 1.85 bits per heavy atom.